The molecule has 0 aliphatic heterocycles. The van der Waals surface area contributed by atoms with Crippen LogP contribution in [-0.2, 0) is 0 Å². The number of aromatic nitrogens is 1. The molecule has 3 nitrogen and oxygen atoms in total. The van der Waals surface area contributed by atoms with Gasteiger partial charge in [0.25, 0.3) is 0 Å². The summed E-state index contributed by atoms with van der Waals surface area (Å²) in [6, 6.07) is 15.0. The highest BCUT2D eigenvalue weighted by atomic mass is 32.1. The maximum atomic E-state index is 5.63. The van der Waals surface area contributed by atoms with E-state index >= 15 is 0 Å². The van der Waals surface area contributed by atoms with Crippen molar-refractivity contribution in [3.63, 3.8) is 0 Å². The van der Waals surface area contributed by atoms with Gasteiger partial charge in [0.1, 0.15) is 0 Å². The molecule has 0 saturated heterocycles. The predicted molar refractivity (Wildman–Crippen MR) is 103 cm³/mol. The molecule has 24 heavy (non-hydrogen) atoms. The first-order valence-electron chi connectivity index (χ1n) is 8.76. The molecule has 1 heterocycles. The molecule has 0 unspecified atom stereocenters. The summed E-state index contributed by atoms with van der Waals surface area (Å²) in [5.74, 6) is 0.676. The number of nitrogens with zero attached hydrogens (tertiary/aromatic N) is 1. The first-order chi connectivity index (χ1) is 11.7. The van der Waals surface area contributed by atoms with Crippen molar-refractivity contribution in [3.05, 3.63) is 66.0 Å². The normalized spacial score (nSPS) is 21.7. The molecule has 0 bridgehead atoms. The van der Waals surface area contributed by atoms with Crippen molar-refractivity contribution in [1.82, 2.24) is 15.6 Å². The van der Waals surface area contributed by atoms with Crippen LogP contribution < -0.4 is 10.6 Å². The zero-order valence-corrected chi connectivity index (χ0v) is 14.9. The Morgan fingerprint density at radius 3 is 2.42 bits per heavy atom. The van der Waals surface area contributed by atoms with E-state index in [-0.39, 0.29) is 6.04 Å². The molecule has 1 aliphatic carbocycles. The quantitative estimate of drug-likeness (QED) is 0.818. The van der Waals surface area contributed by atoms with Crippen LogP contribution in [0.25, 0.3) is 0 Å². The predicted octanol–water partition coefficient (Wildman–Crippen LogP) is 4.21. The lowest BCUT2D eigenvalue weighted by Gasteiger charge is -2.32. The number of hydrogen-bond acceptors (Lipinski definition) is 2. The number of thiocarbonyl (C=S) groups is 1. The van der Waals surface area contributed by atoms with Crippen LogP contribution in [0.15, 0.2) is 54.9 Å². The second kappa shape index (κ2) is 8.25. The van der Waals surface area contributed by atoms with Crippen molar-refractivity contribution >= 4 is 17.3 Å². The van der Waals surface area contributed by atoms with Crippen LogP contribution in [0.4, 0.5) is 0 Å². The standard InChI is InChI=1S/C20H25N3S/c1-15-7-5-6-10-18(15)22-20(24)23-19(16-8-3-2-4-9-16)17-11-13-21-14-12-17/h2-4,8-9,11-15,18-19H,5-7,10H2,1H3,(H2,22,23,24)/t15-,18-,19-/m0/s1. The molecule has 1 saturated carbocycles. The third-order valence-electron chi connectivity index (χ3n) is 4.88. The number of nitrogens with one attached hydrogen (secondary N) is 2. The van der Waals surface area contributed by atoms with Crippen molar-refractivity contribution in [2.24, 2.45) is 5.92 Å². The second-order valence-electron chi connectivity index (χ2n) is 6.61. The lowest BCUT2D eigenvalue weighted by molar-refractivity contribution is 0.307. The molecule has 1 aromatic carbocycles. The largest absolute Gasteiger partial charge is 0.360 e. The number of benzene rings is 1. The lowest BCUT2D eigenvalue weighted by Crippen LogP contribution is -2.47. The van der Waals surface area contributed by atoms with E-state index in [0.29, 0.717) is 12.0 Å². The van der Waals surface area contributed by atoms with E-state index in [4.69, 9.17) is 12.2 Å². The van der Waals surface area contributed by atoms with Gasteiger partial charge < -0.3 is 10.6 Å². The van der Waals surface area contributed by atoms with Crippen molar-refractivity contribution in [2.75, 3.05) is 0 Å². The minimum absolute atomic E-state index is 0.0353. The molecule has 1 aliphatic rings. The fourth-order valence-corrected chi connectivity index (χ4v) is 3.70. The minimum atomic E-state index is 0.0353. The molecule has 3 atom stereocenters. The van der Waals surface area contributed by atoms with Crippen LogP contribution >= 0.6 is 12.2 Å². The first-order valence-corrected chi connectivity index (χ1v) is 9.17. The van der Waals surface area contributed by atoms with Gasteiger partial charge in [0.15, 0.2) is 5.11 Å². The van der Waals surface area contributed by atoms with E-state index in [9.17, 15) is 0 Å². The summed E-state index contributed by atoms with van der Waals surface area (Å²) in [6.07, 6.45) is 8.76. The van der Waals surface area contributed by atoms with Gasteiger partial charge in [-0.1, -0.05) is 50.1 Å². The Morgan fingerprint density at radius 2 is 1.71 bits per heavy atom. The summed E-state index contributed by atoms with van der Waals surface area (Å²) in [5.41, 5.74) is 2.36. The summed E-state index contributed by atoms with van der Waals surface area (Å²) < 4.78 is 0. The van der Waals surface area contributed by atoms with Gasteiger partial charge in [-0.05, 0) is 54.2 Å². The summed E-state index contributed by atoms with van der Waals surface area (Å²) in [5, 5.41) is 7.79. The molecule has 0 spiro atoms. The molecular formula is C20H25N3S. The Morgan fingerprint density at radius 1 is 1.04 bits per heavy atom. The molecular weight excluding hydrogens is 314 g/mol. The van der Waals surface area contributed by atoms with E-state index in [0.717, 1.165) is 10.7 Å². The lowest BCUT2D eigenvalue weighted by atomic mass is 9.86. The maximum Gasteiger partial charge on any atom is 0.167 e. The van der Waals surface area contributed by atoms with E-state index < -0.39 is 0 Å². The van der Waals surface area contributed by atoms with E-state index in [1.54, 1.807) is 0 Å². The average molecular weight is 340 g/mol. The molecule has 3 rings (SSSR count). The summed E-state index contributed by atoms with van der Waals surface area (Å²) in [4.78, 5) is 4.13. The molecule has 4 heteroatoms. The SMILES string of the molecule is C[C@H]1CCCC[C@@H]1NC(=S)N[C@@H](c1ccccc1)c1ccncc1. The maximum absolute atomic E-state index is 5.63. The fourth-order valence-electron chi connectivity index (χ4n) is 3.43. The zero-order valence-electron chi connectivity index (χ0n) is 14.1. The van der Waals surface area contributed by atoms with Crippen molar-refractivity contribution in [3.8, 4) is 0 Å². The van der Waals surface area contributed by atoms with Crippen LogP contribution in [0.2, 0.25) is 0 Å². The Labute approximate surface area is 149 Å². The fraction of sp³-hybridized carbons (Fsp3) is 0.400. The summed E-state index contributed by atoms with van der Waals surface area (Å²) in [6.45, 7) is 2.32. The Kier molecular flexibility index (Phi) is 5.81. The number of hydrogen-bond donors (Lipinski definition) is 2. The third-order valence-corrected chi connectivity index (χ3v) is 5.11. The van der Waals surface area contributed by atoms with E-state index in [2.05, 4.69) is 46.8 Å². The zero-order chi connectivity index (χ0) is 16.8. The van der Waals surface area contributed by atoms with E-state index in [1.165, 1.54) is 31.2 Å². The van der Waals surface area contributed by atoms with E-state index in [1.807, 2.05) is 30.6 Å². The molecule has 0 radical (unpaired) electrons. The van der Waals surface area contributed by atoms with Crippen LogP contribution in [0.5, 0.6) is 0 Å². The van der Waals surface area contributed by atoms with Gasteiger partial charge in [0.2, 0.25) is 0 Å². The van der Waals surface area contributed by atoms with Gasteiger partial charge in [-0.25, -0.2) is 0 Å². The van der Waals surface area contributed by atoms with Gasteiger partial charge >= 0.3 is 0 Å². The molecule has 0 amide bonds. The highest BCUT2D eigenvalue weighted by Crippen LogP contribution is 2.24. The average Bonchev–Trinajstić information content (AvgIpc) is 2.63. The minimum Gasteiger partial charge on any atom is -0.360 e. The summed E-state index contributed by atoms with van der Waals surface area (Å²) >= 11 is 5.63. The van der Waals surface area contributed by atoms with Crippen molar-refractivity contribution in [1.29, 1.82) is 0 Å². The Hall–Kier alpha value is -1.94. The van der Waals surface area contributed by atoms with Gasteiger partial charge in [-0.3, -0.25) is 4.98 Å². The van der Waals surface area contributed by atoms with Gasteiger partial charge in [-0.2, -0.15) is 0 Å². The van der Waals surface area contributed by atoms with Crippen LogP contribution in [0, 0.1) is 5.92 Å². The van der Waals surface area contributed by atoms with Crippen molar-refractivity contribution in [2.45, 2.75) is 44.7 Å². The smallest absolute Gasteiger partial charge is 0.167 e. The van der Waals surface area contributed by atoms with Crippen LogP contribution in [0.3, 0.4) is 0 Å². The topological polar surface area (TPSA) is 37.0 Å². The second-order valence-corrected chi connectivity index (χ2v) is 7.02. The van der Waals surface area contributed by atoms with Gasteiger partial charge in [0, 0.05) is 18.4 Å². The Bertz CT molecular complexity index is 605. The highest BCUT2D eigenvalue weighted by Gasteiger charge is 2.23. The highest BCUT2D eigenvalue weighted by molar-refractivity contribution is 7.80. The monoisotopic (exact) mass is 339 g/mol. The number of pyridine rings is 1. The Balaban J connectivity index is 1.73. The van der Waals surface area contributed by atoms with Crippen LogP contribution in [0.1, 0.15) is 49.8 Å². The third kappa shape index (κ3) is 4.32. The first kappa shape index (κ1) is 16.9. The molecule has 2 N–H and O–H groups in total. The van der Waals surface area contributed by atoms with Crippen LogP contribution in [-0.4, -0.2) is 16.1 Å². The molecule has 1 aromatic heterocycles. The van der Waals surface area contributed by atoms with Gasteiger partial charge in [0.05, 0.1) is 6.04 Å². The number of rotatable bonds is 4. The molecule has 2 aromatic rings. The van der Waals surface area contributed by atoms with Gasteiger partial charge in [-0.15, -0.1) is 0 Å². The van der Waals surface area contributed by atoms with Crippen molar-refractivity contribution < 1.29 is 0 Å². The molecule has 1 fully saturated rings. The summed E-state index contributed by atoms with van der Waals surface area (Å²) in [7, 11) is 0. The molecule has 126 valence electrons.